The molecule has 10 nitrogen and oxygen atoms in total. The van der Waals surface area contributed by atoms with Crippen molar-refractivity contribution in [2.24, 2.45) is 9.98 Å². The zero-order valence-corrected chi connectivity index (χ0v) is 17.3. The zero-order chi connectivity index (χ0) is 20.3. The molecule has 1 unspecified atom stereocenters. The Morgan fingerprint density at radius 3 is 2.97 bits per heavy atom. The van der Waals surface area contributed by atoms with Crippen molar-refractivity contribution < 1.29 is 9.53 Å². The van der Waals surface area contributed by atoms with Crippen LogP contribution in [0, 0.1) is 0 Å². The molecule has 2 aromatic rings. The molecule has 0 radical (unpaired) electrons. The average Bonchev–Trinajstić information content (AvgIpc) is 3.47. The zero-order valence-electron chi connectivity index (χ0n) is 16.5. The van der Waals surface area contributed by atoms with E-state index < -0.39 is 5.92 Å². The number of carbonyl (C=O) groups is 1. The first-order valence-electron chi connectivity index (χ1n) is 10.2. The van der Waals surface area contributed by atoms with Crippen LogP contribution in [0.4, 0.5) is 0 Å². The van der Waals surface area contributed by atoms with Gasteiger partial charge in [0.25, 0.3) is 0 Å². The number of ether oxygens (including phenoxy) is 1. The van der Waals surface area contributed by atoms with Crippen molar-refractivity contribution in [2.75, 3.05) is 39.4 Å². The van der Waals surface area contributed by atoms with Crippen LogP contribution in [0.1, 0.15) is 24.5 Å². The smallest absolute Gasteiger partial charge is 0.243 e. The molecule has 0 saturated carbocycles. The highest BCUT2D eigenvalue weighted by Crippen LogP contribution is 2.26. The number of hydrogen-bond acceptors (Lipinski definition) is 8. The van der Waals surface area contributed by atoms with E-state index in [0.717, 1.165) is 31.1 Å². The Bertz CT molecular complexity index is 942. The molecule has 5 rings (SSSR count). The number of guanidine groups is 1. The topological polar surface area (TPSA) is 109 Å². The molecule has 0 aliphatic carbocycles. The first-order chi connectivity index (χ1) is 14.8. The highest BCUT2D eigenvalue weighted by molar-refractivity contribution is 7.12. The van der Waals surface area contributed by atoms with Crippen LogP contribution in [0.2, 0.25) is 0 Å². The number of nitrogens with one attached hydrogen (secondary N) is 2. The molecule has 2 saturated heterocycles. The number of amides is 1. The maximum atomic E-state index is 13.2. The second-order valence-electron chi connectivity index (χ2n) is 7.47. The number of aromatic nitrogens is 3. The molecule has 0 aromatic carbocycles. The number of carbonyl (C=O) groups excluding carboxylic acids is 1. The minimum Gasteiger partial charge on any atom is -0.378 e. The standard InChI is InChI=1S/C19H24N8O2S/c28-17-15(14-11-30-19(23-14)27-5-4-21-12-27)16(22-13-2-1-3-20-10-13)24-18(25-17)26-6-8-29-9-7-26/h4-5,11-13,15,20H,1-3,6-10H2,(H,22,24,25,28)/t13-,15?/m1/s1. The van der Waals surface area contributed by atoms with E-state index in [2.05, 4.69) is 20.6 Å². The molecule has 3 aliphatic rings. The summed E-state index contributed by atoms with van der Waals surface area (Å²) in [5, 5.41) is 9.02. The van der Waals surface area contributed by atoms with E-state index in [1.165, 1.54) is 11.3 Å². The van der Waals surface area contributed by atoms with Gasteiger partial charge in [-0.25, -0.2) is 9.97 Å². The fourth-order valence-electron chi connectivity index (χ4n) is 3.83. The molecule has 3 aliphatic heterocycles. The Balaban J connectivity index is 1.48. The Labute approximate surface area is 178 Å². The quantitative estimate of drug-likeness (QED) is 0.732. The third-order valence-electron chi connectivity index (χ3n) is 5.40. The fourth-order valence-corrected chi connectivity index (χ4v) is 4.63. The number of thiazole rings is 1. The molecule has 2 N–H and O–H groups in total. The molecular weight excluding hydrogens is 404 g/mol. The Morgan fingerprint density at radius 2 is 2.20 bits per heavy atom. The summed E-state index contributed by atoms with van der Waals surface area (Å²) < 4.78 is 7.26. The van der Waals surface area contributed by atoms with Crippen LogP contribution in [-0.4, -0.2) is 82.6 Å². The average molecular weight is 429 g/mol. The van der Waals surface area contributed by atoms with Crippen LogP contribution in [0.15, 0.2) is 34.1 Å². The lowest BCUT2D eigenvalue weighted by Crippen LogP contribution is -2.54. The number of hydrogen-bond donors (Lipinski definition) is 2. The second kappa shape index (κ2) is 8.62. The van der Waals surface area contributed by atoms with E-state index in [-0.39, 0.29) is 11.9 Å². The molecule has 2 fully saturated rings. The van der Waals surface area contributed by atoms with Gasteiger partial charge in [0.15, 0.2) is 5.13 Å². The largest absolute Gasteiger partial charge is 0.378 e. The number of aliphatic imine (C=N–C) groups is 2. The molecule has 5 heterocycles. The van der Waals surface area contributed by atoms with Gasteiger partial charge in [-0.3, -0.25) is 19.7 Å². The van der Waals surface area contributed by atoms with Crippen molar-refractivity contribution in [1.29, 1.82) is 0 Å². The van der Waals surface area contributed by atoms with E-state index in [4.69, 9.17) is 14.7 Å². The van der Waals surface area contributed by atoms with E-state index >= 15 is 0 Å². The predicted octanol–water partition coefficient (Wildman–Crippen LogP) is 0.381. The van der Waals surface area contributed by atoms with E-state index in [0.29, 0.717) is 43.8 Å². The number of amidine groups is 1. The van der Waals surface area contributed by atoms with Crippen molar-refractivity contribution >= 4 is 29.0 Å². The van der Waals surface area contributed by atoms with E-state index in [1.807, 2.05) is 21.0 Å². The van der Waals surface area contributed by atoms with Gasteiger partial charge in [-0.1, -0.05) is 0 Å². The molecule has 2 atom stereocenters. The summed E-state index contributed by atoms with van der Waals surface area (Å²) in [6.07, 6.45) is 7.29. The normalized spacial score (nSPS) is 26.5. The molecule has 0 bridgehead atoms. The van der Waals surface area contributed by atoms with Crippen molar-refractivity contribution in [2.45, 2.75) is 24.8 Å². The third-order valence-corrected chi connectivity index (χ3v) is 6.28. The van der Waals surface area contributed by atoms with Gasteiger partial charge < -0.3 is 15.0 Å². The van der Waals surface area contributed by atoms with Crippen LogP contribution in [0.3, 0.4) is 0 Å². The van der Waals surface area contributed by atoms with Gasteiger partial charge in [0.05, 0.1) is 24.9 Å². The SMILES string of the molecule is O=C1NC(N2CCOCC2)=NC(=N[C@@H]2CCCNC2)C1c1csc(-n2ccnc2)n1. The summed E-state index contributed by atoms with van der Waals surface area (Å²) in [6.45, 7) is 4.45. The van der Waals surface area contributed by atoms with Crippen LogP contribution >= 0.6 is 11.3 Å². The van der Waals surface area contributed by atoms with Crippen molar-refractivity contribution in [3.05, 3.63) is 29.8 Å². The van der Waals surface area contributed by atoms with Crippen LogP contribution in [0.5, 0.6) is 0 Å². The van der Waals surface area contributed by atoms with Crippen LogP contribution in [-0.2, 0) is 9.53 Å². The summed E-state index contributed by atoms with van der Waals surface area (Å²) in [5.41, 5.74) is 0.661. The number of morpholine rings is 1. The summed E-state index contributed by atoms with van der Waals surface area (Å²) >= 11 is 1.47. The monoisotopic (exact) mass is 428 g/mol. The lowest BCUT2D eigenvalue weighted by molar-refractivity contribution is -0.120. The number of piperidine rings is 1. The van der Waals surface area contributed by atoms with Crippen molar-refractivity contribution in [3.63, 3.8) is 0 Å². The molecule has 0 spiro atoms. The summed E-state index contributed by atoms with van der Waals surface area (Å²) in [4.78, 5) is 33.7. The van der Waals surface area contributed by atoms with Gasteiger partial charge in [-0.15, -0.1) is 11.3 Å². The lowest BCUT2D eigenvalue weighted by Gasteiger charge is -2.33. The second-order valence-corrected chi connectivity index (χ2v) is 8.31. The number of imidazole rings is 1. The molecule has 1 amide bonds. The molecule has 11 heteroatoms. The van der Waals surface area contributed by atoms with Crippen LogP contribution < -0.4 is 10.6 Å². The fraction of sp³-hybridized carbons (Fsp3) is 0.526. The first-order valence-corrected chi connectivity index (χ1v) is 11.1. The Hall–Kier alpha value is -2.63. The minimum absolute atomic E-state index is 0.114. The summed E-state index contributed by atoms with van der Waals surface area (Å²) in [6, 6.07) is 0.114. The highest BCUT2D eigenvalue weighted by Gasteiger charge is 2.36. The van der Waals surface area contributed by atoms with Gasteiger partial charge >= 0.3 is 0 Å². The Kier molecular flexibility index (Phi) is 5.56. The Morgan fingerprint density at radius 1 is 1.30 bits per heavy atom. The molecule has 30 heavy (non-hydrogen) atoms. The number of rotatable bonds is 3. The van der Waals surface area contributed by atoms with Gasteiger partial charge in [-0.05, 0) is 19.4 Å². The molecule has 158 valence electrons. The lowest BCUT2D eigenvalue weighted by atomic mass is 10.0. The van der Waals surface area contributed by atoms with Gasteiger partial charge in [-0.2, -0.15) is 4.99 Å². The maximum absolute atomic E-state index is 13.2. The van der Waals surface area contributed by atoms with Crippen molar-refractivity contribution in [1.82, 2.24) is 30.1 Å². The summed E-state index contributed by atoms with van der Waals surface area (Å²) in [7, 11) is 0. The first kappa shape index (κ1) is 19.3. The van der Waals surface area contributed by atoms with Crippen molar-refractivity contribution in [3.8, 4) is 5.13 Å². The third kappa shape index (κ3) is 4.00. The molecular formula is C19H24N8O2S. The highest BCUT2D eigenvalue weighted by atomic mass is 32.1. The van der Waals surface area contributed by atoms with Gasteiger partial charge in [0, 0.05) is 37.4 Å². The summed E-state index contributed by atoms with van der Waals surface area (Å²) in [5.74, 6) is 0.338. The predicted molar refractivity (Wildman–Crippen MR) is 113 cm³/mol. The van der Waals surface area contributed by atoms with Crippen LogP contribution in [0.25, 0.3) is 5.13 Å². The maximum Gasteiger partial charge on any atom is 0.243 e. The number of nitrogens with zero attached hydrogens (tertiary/aromatic N) is 6. The van der Waals surface area contributed by atoms with E-state index in [1.54, 1.807) is 12.5 Å². The van der Waals surface area contributed by atoms with E-state index in [9.17, 15) is 4.79 Å². The minimum atomic E-state index is -0.620. The van der Waals surface area contributed by atoms with Gasteiger partial charge in [0.1, 0.15) is 18.1 Å². The van der Waals surface area contributed by atoms with Gasteiger partial charge in [0.2, 0.25) is 11.9 Å². The molecule has 2 aromatic heterocycles.